The van der Waals surface area contributed by atoms with Gasteiger partial charge in [-0.1, -0.05) is 30.3 Å². The van der Waals surface area contributed by atoms with Crippen LogP contribution in [-0.2, 0) is 6.61 Å². The van der Waals surface area contributed by atoms with E-state index in [1.165, 1.54) is 13.2 Å². The van der Waals surface area contributed by atoms with Gasteiger partial charge in [-0.25, -0.2) is 0 Å². The molecule has 152 valence electrons. The number of benzene rings is 3. The van der Waals surface area contributed by atoms with Crippen molar-refractivity contribution in [3.05, 3.63) is 86.1 Å². The molecule has 0 amide bonds. The van der Waals surface area contributed by atoms with Gasteiger partial charge in [0.25, 0.3) is 0 Å². The Bertz CT molecular complexity index is 1230. The lowest BCUT2D eigenvalue weighted by molar-refractivity contribution is 0.306. The van der Waals surface area contributed by atoms with Gasteiger partial charge in [-0.3, -0.25) is 4.79 Å². The van der Waals surface area contributed by atoms with Gasteiger partial charge in [-0.05, 0) is 52.4 Å². The molecule has 6 heteroatoms. The summed E-state index contributed by atoms with van der Waals surface area (Å²) in [6, 6.07) is 20.6. The highest BCUT2D eigenvalue weighted by molar-refractivity contribution is 14.1. The zero-order valence-electron chi connectivity index (χ0n) is 16.5. The second-order valence-electron chi connectivity index (χ2n) is 6.57. The lowest BCUT2D eigenvalue weighted by atomic mass is 10.1. The van der Waals surface area contributed by atoms with Gasteiger partial charge in [0, 0.05) is 17.7 Å². The molecule has 0 aliphatic heterocycles. The standard InChI is InChI=1S/C24H19IO5/c1-27-20-13-21(28-2)23(25)24-22(20)18(26)12-19(30-24)16-8-10-17(11-9-16)29-14-15-6-4-3-5-7-15/h3-13H,14H2,1-2H3. The lowest BCUT2D eigenvalue weighted by Gasteiger charge is -2.12. The van der Waals surface area contributed by atoms with E-state index < -0.39 is 0 Å². The van der Waals surface area contributed by atoms with E-state index in [0.29, 0.717) is 38.4 Å². The molecular formula is C24H19IO5. The van der Waals surface area contributed by atoms with Crippen LogP contribution in [0.25, 0.3) is 22.3 Å². The average Bonchev–Trinajstić information content (AvgIpc) is 2.79. The normalized spacial score (nSPS) is 10.8. The van der Waals surface area contributed by atoms with Crippen molar-refractivity contribution >= 4 is 33.6 Å². The average molecular weight is 514 g/mol. The maximum atomic E-state index is 12.8. The van der Waals surface area contributed by atoms with E-state index in [4.69, 9.17) is 18.6 Å². The van der Waals surface area contributed by atoms with Gasteiger partial charge in [0.1, 0.15) is 35.0 Å². The molecule has 0 spiro atoms. The van der Waals surface area contributed by atoms with Crippen LogP contribution in [0.15, 0.2) is 75.9 Å². The second kappa shape index (κ2) is 8.79. The molecule has 30 heavy (non-hydrogen) atoms. The molecule has 1 aromatic heterocycles. The molecule has 0 saturated heterocycles. The minimum absolute atomic E-state index is 0.173. The fourth-order valence-corrected chi connectivity index (χ4v) is 3.91. The van der Waals surface area contributed by atoms with Crippen LogP contribution in [0.1, 0.15) is 5.56 Å². The molecule has 4 rings (SSSR count). The summed E-state index contributed by atoms with van der Waals surface area (Å²) in [5.41, 5.74) is 2.14. The summed E-state index contributed by atoms with van der Waals surface area (Å²) in [4.78, 5) is 12.8. The zero-order chi connectivity index (χ0) is 21.1. The highest BCUT2D eigenvalue weighted by Crippen LogP contribution is 2.37. The van der Waals surface area contributed by atoms with E-state index in [2.05, 4.69) is 22.6 Å². The van der Waals surface area contributed by atoms with Crippen molar-refractivity contribution in [3.63, 3.8) is 0 Å². The molecule has 0 bridgehead atoms. The highest BCUT2D eigenvalue weighted by atomic mass is 127. The first kappa shape index (κ1) is 20.3. The third-order valence-electron chi connectivity index (χ3n) is 4.70. The molecule has 4 aromatic rings. The Kier molecular flexibility index (Phi) is 5.94. The molecule has 0 atom stereocenters. The summed E-state index contributed by atoms with van der Waals surface area (Å²) in [7, 11) is 3.08. The number of hydrogen-bond acceptors (Lipinski definition) is 5. The van der Waals surface area contributed by atoms with Crippen LogP contribution >= 0.6 is 22.6 Å². The van der Waals surface area contributed by atoms with Crippen molar-refractivity contribution in [2.45, 2.75) is 6.61 Å². The first-order chi connectivity index (χ1) is 14.6. The number of rotatable bonds is 6. The molecule has 0 radical (unpaired) electrons. The summed E-state index contributed by atoms with van der Waals surface area (Å²) in [6.45, 7) is 0.489. The number of halogens is 1. The van der Waals surface area contributed by atoms with Gasteiger partial charge in [0.15, 0.2) is 11.0 Å². The molecular weight excluding hydrogens is 495 g/mol. The Hall–Kier alpha value is -3.00. The Balaban J connectivity index is 1.67. The molecule has 0 saturated carbocycles. The lowest BCUT2D eigenvalue weighted by Crippen LogP contribution is -2.05. The van der Waals surface area contributed by atoms with E-state index >= 15 is 0 Å². The van der Waals surface area contributed by atoms with Gasteiger partial charge >= 0.3 is 0 Å². The Morgan fingerprint density at radius 3 is 2.27 bits per heavy atom. The van der Waals surface area contributed by atoms with E-state index in [1.54, 1.807) is 13.2 Å². The predicted octanol–water partition coefficient (Wildman–Crippen LogP) is 5.66. The van der Waals surface area contributed by atoms with Crippen LogP contribution in [0.2, 0.25) is 0 Å². The number of hydrogen-bond donors (Lipinski definition) is 0. The van der Waals surface area contributed by atoms with Crippen LogP contribution in [0.5, 0.6) is 17.2 Å². The summed E-state index contributed by atoms with van der Waals surface area (Å²) in [5.74, 6) is 2.22. The SMILES string of the molecule is COc1cc(OC)c2c(=O)cc(-c3ccc(OCc4ccccc4)cc3)oc2c1I. The van der Waals surface area contributed by atoms with Crippen LogP contribution in [0.3, 0.4) is 0 Å². The van der Waals surface area contributed by atoms with E-state index in [1.807, 2.05) is 54.6 Å². The maximum absolute atomic E-state index is 12.8. The minimum atomic E-state index is -0.173. The second-order valence-corrected chi connectivity index (χ2v) is 7.65. The van der Waals surface area contributed by atoms with Crippen LogP contribution < -0.4 is 19.6 Å². The highest BCUT2D eigenvalue weighted by Gasteiger charge is 2.18. The Morgan fingerprint density at radius 2 is 1.60 bits per heavy atom. The smallest absolute Gasteiger partial charge is 0.197 e. The molecule has 5 nitrogen and oxygen atoms in total. The number of ether oxygens (including phenoxy) is 3. The van der Waals surface area contributed by atoms with Gasteiger partial charge in [-0.2, -0.15) is 0 Å². The van der Waals surface area contributed by atoms with Crippen molar-refractivity contribution in [2.75, 3.05) is 14.2 Å². The predicted molar refractivity (Wildman–Crippen MR) is 125 cm³/mol. The van der Waals surface area contributed by atoms with E-state index in [-0.39, 0.29) is 5.43 Å². The van der Waals surface area contributed by atoms with Crippen molar-refractivity contribution in [1.82, 2.24) is 0 Å². The molecule has 0 aliphatic rings. The first-order valence-corrected chi connectivity index (χ1v) is 10.3. The van der Waals surface area contributed by atoms with Crippen molar-refractivity contribution < 1.29 is 18.6 Å². The number of methoxy groups -OCH3 is 2. The summed E-state index contributed by atoms with van der Waals surface area (Å²) in [6.07, 6.45) is 0. The van der Waals surface area contributed by atoms with Crippen molar-refractivity contribution in [1.29, 1.82) is 0 Å². The minimum Gasteiger partial charge on any atom is -0.496 e. The molecule has 3 aromatic carbocycles. The monoisotopic (exact) mass is 514 g/mol. The largest absolute Gasteiger partial charge is 0.496 e. The zero-order valence-corrected chi connectivity index (χ0v) is 18.6. The van der Waals surface area contributed by atoms with Crippen molar-refractivity contribution in [3.8, 4) is 28.6 Å². The Labute approximate surface area is 187 Å². The van der Waals surface area contributed by atoms with Gasteiger partial charge < -0.3 is 18.6 Å². The first-order valence-electron chi connectivity index (χ1n) is 9.26. The van der Waals surface area contributed by atoms with E-state index in [9.17, 15) is 4.79 Å². The number of fused-ring (bicyclic) bond motifs is 1. The van der Waals surface area contributed by atoms with Crippen LogP contribution in [-0.4, -0.2) is 14.2 Å². The summed E-state index contributed by atoms with van der Waals surface area (Å²) >= 11 is 2.11. The van der Waals surface area contributed by atoms with Gasteiger partial charge in [0.05, 0.1) is 17.8 Å². The fourth-order valence-electron chi connectivity index (χ4n) is 3.16. The molecule has 0 unspecified atom stereocenters. The third-order valence-corrected chi connectivity index (χ3v) is 5.72. The van der Waals surface area contributed by atoms with Gasteiger partial charge in [0.2, 0.25) is 0 Å². The summed E-state index contributed by atoms with van der Waals surface area (Å²) < 4.78 is 23.4. The quantitative estimate of drug-likeness (QED) is 0.311. The molecule has 1 heterocycles. The topological polar surface area (TPSA) is 57.9 Å². The summed E-state index contributed by atoms with van der Waals surface area (Å²) in [5, 5.41) is 0.397. The van der Waals surface area contributed by atoms with Crippen LogP contribution in [0, 0.1) is 3.57 Å². The van der Waals surface area contributed by atoms with Crippen LogP contribution in [0.4, 0.5) is 0 Å². The van der Waals surface area contributed by atoms with E-state index in [0.717, 1.165) is 16.9 Å². The Morgan fingerprint density at radius 1 is 0.900 bits per heavy atom. The third kappa shape index (κ3) is 4.00. The molecule has 0 aliphatic carbocycles. The maximum Gasteiger partial charge on any atom is 0.197 e. The van der Waals surface area contributed by atoms with Crippen molar-refractivity contribution in [2.24, 2.45) is 0 Å². The fraction of sp³-hybridized carbons (Fsp3) is 0.125. The van der Waals surface area contributed by atoms with Gasteiger partial charge in [-0.15, -0.1) is 0 Å². The molecule has 0 fully saturated rings. The molecule has 0 N–H and O–H groups in total.